The Morgan fingerprint density at radius 1 is 1.29 bits per heavy atom. The fraction of sp³-hybridized carbons (Fsp3) is 0.929. The SMILES string of the molecule is CCCCOC1(C(=O)O)CCC(CCC)CC1. The summed E-state index contributed by atoms with van der Waals surface area (Å²) >= 11 is 0. The van der Waals surface area contributed by atoms with Crippen molar-refractivity contribution in [1.82, 2.24) is 0 Å². The fourth-order valence-corrected chi connectivity index (χ4v) is 2.67. The molecule has 3 nitrogen and oxygen atoms in total. The number of ether oxygens (including phenoxy) is 1. The summed E-state index contributed by atoms with van der Waals surface area (Å²) in [5, 5.41) is 9.38. The monoisotopic (exact) mass is 242 g/mol. The molecule has 0 radical (unpaired) electrons. The van der Waals surface area contributed by atoms with Crippen molar-refractivity contribution in [3.8, 4) is 0 Å². The van der Waals surface area contributed by atoms with Gasteiger partial charge in [0.05, 0.1) is 0 Å². The predicted molar refractivity (Wildman–Crippen MR) is 68.1 cm³/mol. The lowest BCUT2D eigenvalue weighted by Gasteiger charge is -2.36. The van der Waals surface area contributed by atoms with E-state index in [9.17, 15) is 9.90 Å². The number of unbranched alkanes of at least 4 members (excludes halogenated alkanes) is 1. The maximum absolute atomic E-state index is 11.4. The Morgan fingerprint density at radius 3 is 2.41 bits per heavy atom. The molecule has 1 aliphatic carbocycles. The number of carbonyl (C=O) groups is 1. The van der Waals surface area contributed by atoms with Gasteiger partial charge in [-0.2, -0.15) is 0 Å². The summed E-state index contributed by atoms with van der Waals surface area (Å²) in [6, 6.07) is 0. The van der Waals surface area contributed by atoms with Crippen LogP contribution in [0, 0.1) is 5.92 Å². The van der Waals surface area contributed by atoms with Crippen LogP contribution in [0.1, 0.15) is 65.2 Å². The van der Waals surface area contributed by atoms with Crippen LogP contribution in [0.2, 0.25) is 0 Å². The van der Waals surface area contributed by atoms with Gasteiger partial charge in [-0.05, 0) is 38.0 Å². The molecule has 0 aromatic heterocycles. The van der Waals surface area contributed by atoms with Crippen molar-refractivity contribution in [1.29, 1.82) is 0 Å². The van der Waals surface area contributed by atoms with Crippen molar-refractivity contribution in [2.24, 2.45) is 5.92 Å². The minimum atomic E-state index is -0.876. The summed E-state index contributed by atoms with van der Waals surface area (Å²) in [7, 11) is 0. The molecule has 17 heavy (non-hydrogen) atoms. The van der Waals surface area contributed by atoms with Crippen molar-refractivity contribution < 1.29 is 14.6 Å². The first-order valence-electron chi connectivity index (χ1n) is 7.02. The van der Waals surface area contributed by atoms with Gasteiger partial charge in [-0.3, -0.25) is 0 Å². The first-order valence-corrected chi connectivity index (χ1v) is 7.02. The number of carboxylic acid groups (broad SMARTS) is 1. The third kappa shape index (κ3) is 3.98. The topological polar surface area (TPSA) is 46.5 Å². The van der Waals surface area contributed by atoms with Gasteiger partial charge < -0.3 is 9.84 Å². The van der Waals surface area contributed by atoms with Gasteiger partial charge in [0, 0.05) is 6.61 Å². The smallest absolute Gasteiger partial charge is 0.335 e. The van der Waals surface area contributed by atoms with Gasteiger partial charge in [-0.25, -0.2) is 4.79 Å². The van der Waals surface area contributed by atoms with Crippen LogP contribution in [0.25, 0.3) is 0 Å². The highest BCUT2D eigenvalue weighted by Crippen LogP contribution is 2.37. The van der Waals surface area contributed by atoms with E-state index in [-0.39, 0.29) is 0 Å². The van der Waals surface area contributed by atoms with E-state index in [1.807, 2.05) is 0 Å². The molecule has 0 aliphatic heterocycles. The van der Waals surface area contributed by atoms with Gasteiger partial charge in [0.25, 0.3) is 0 Å². The molecule has 1 fully saturated rings. The molecule has 0 atom stereocenters. The molecule has 0 saturated heterocycles. The minimum Gasteiger partial charge on any atom is -0.479 e. The lowest BCUT2D eigenvalue weighted by atomic mass is 9.77. The Labute approximate surface area is 105 Å². The Bertz CT molecular complexity index is 230. The van der Waals surface area contributed by atoms with Gasteiger partial charge in [-0.1, -0.05) is 33.1 Å². The summed E-state index contributed by atoms with van der Waals surface area (Å²) in [5.41, 5.74) is -0.876. The lowest BCUT2D eigenvalue weighted by Crippen LogP contribution is -2.45. The summed E-state index contributed by atoms with van der Waals surface area (Å²) in [4.78, 5) is 11.4. The van der Waals surface area contributed by atoms with Crippen LogP contribution in [0.3, 0.4) is 0 Å². The highest BCUT2D eigenvalue weighted by atomic mass is 16.5. The molecule has 0 spiro atoms. The van der Waals surface area contributed by atoms with Gasteiger partial charge in [0.15, 0.2) is 5.60 Å². The molecule has 0 unspecified atom stereocenters. The number of rotatable bonds is 7. The first kappa shape index (κ1) is 14.5. The van der Waals surface area contributed by atoms with Gasteiger partial charge in [0.2, 0.25) is 0 Å². The van der Waals surface area contributed by atoms with Gasteiger partial charge in [0.1, 0.15) is 0 Å². The molecule has 1 aliphatic rings. The summed E-state index contributed by atoms with van der Waals surface area (Å²) in [5.74, 6) is -0.0502. The molecular weight excluding hydrogens is 216 g/mol. The van der Waals surface area contributed by atoms with Crippen LogP contribution in [0.4, 0.5) is 0 Å². The zero-order chi connectivity index (χ0) is 12.7. The second-order valence-electron chi connectivity index (χ2n) is 5.23. The fourth-order valence-electron chi connectivity index (χ4n) is 2.67. The molecule has 3 heteroatoms. The lowest BCUT2D eigenvalue weighted by molar-refractivity contribution is -0.172. The average molecular weight is 242 g/mol. The zero-order valence-corrected chi connectivity index (χ0v) is 11.2. The first-order chi connectivity index (χ1) is 8.14. The number of hydrogen-bond donors (Lipinski definition) is 1. The Morgan fingerprint density at radius 2 is 1.94 bits per heavy atom. The van der Waals surface area contributed by atoms with Crippen LogP contribution in [0.15, 0.2) is 0 Å². The number of aliphatic carboxylic acids is 1. The highest BCUT2D eigenvalue weighted by Gasteiger charge is 2.42. The molecular formula is C14H26O3. The second-order valence-corrected chi connectivity index (χ2v) is 5.23. The van der Waals surface area contributed by atoms with E-state index < -0.39 is 11.6 Å². The molecule has 1 N–H and O–H groups in total. The Hall–Kier alpha value is -0.570. The third-order valence-electron chi connectivity index (χ3n) is 3.88. The van der Waals surface area contributed by atoms with Crippen molar-refractivity contribution in [2.45, 2.75) is 70.8 Å². The van der Waals surface area contributed by atoms with Gasteiger partial charge >= 0.3 is 5.97 Å². The molecule has 1 rings (SSSR count). The van der Waals surface area contributed by atoms with Crippen LogP contribution in [-0.4, -0.2) is 23.3 Å². The molecule has 0 amide bonds. The average Bonchev–Trinajstić information content (AvgIpc) is 2.32. The Balaban J connectivity index is 2.48. The third-order valence-corrected chi connectivity index (χ3v) is 3.88. The van der Waals surface area contributed by atoms with E-state index in [0.717, 1.165) is 25.7 Å². The van der Waals surface area contributed by atoms with E-state index in [1.54, 1.807) is 0 Å². The van der Waals surface area contributed by atoms with Crippen molar-refractivity contribution in [3.05, 3.63) is 0 Å². The zero-order valence-electron chi connectivity index (χ0n) is 11.2. The van der Waals surface area contributed by atoms with Crippen LogP contribution >= 0.6 is 0 Å². The van der Waals surface area contributed by atoms with Crippen LogP contribution in [-0.2, 0) is 9.53 Å². The van der Waals surface area contributed by atoms with Crippen molar-refractivity contribution >= 4 is 5.97 Å². The van der Waals surface area contributed by atoms with E-state index in [1.165, 1.54) is 12.8 Å². The second kappa shape index (κ2) is 7.00. The standard InChI is InChI=1S/C14H26O3/c1-3-5-11-17-14(13(15)16)9-7-12(6-4-2)8-10-14/h12H,3-11H2,1-2H3,(H,15,16). The van der Waals surface area contributed by atoms with Gasteiger partial charge in [-0.15, -0.1) is 0 Å². The van der Waals surface area contributed by atoms with Crippen LogP contribution < -0.4 is 0 Å². The molecule has 0 bridgehead atoms. The van der Waals surface area contributed by atoms with Crippen molar-refractivity contribution in [3.63, 3.8) is 0 Å². The summed E-state index contributed by atoms with van der Waals surface area (Å²) < 4.78 is 5.70. The normalized spacial score (nSPS) is 29.2. The van der Waals surface area contributed by atoms with E-state index >= 15 is 0 Å². The largest absolute Gasteiger partial charge is 0.479 e. The summed E-state index contributed by atoms with van der Waals surface area (Å²) in [6.45, 7) is 4.87. The molecule has 0 aromatic carbocycles. The molecule has 0 aromatic rings. The maximum atomic E-state index is 11.4. The maximum Gasteiger partial charge on any atom is 0.335 e. The molecule has 1 saturated carbocycles. The van der Waals surface area contributed by atoms with E-state index in [2.05, 4.69) is 13.8 Å². The summed E-state index contributed by atoms with van der Waals surface area (Å²) in [6.07, 6.45) is 7.82. The molecule has 0 heterocycles. The number of hydrogen-bond acceptors (Lipinski definition) is 2. The Kier molecular flexibility index (Phi) is 5.96. The highest BCUT2D eigenvalue weighted by molar-refractivity contribution is 5.77. The van der Waals surface area contributed by atoms with E-state index in [0.29, 0.717) is 25.4 Å². The quantitative estimate of drug-likeness (QED) is 0.694. The van der Waals surface area contributed by atoms with E-state index in [4.69, 9.17) is 4.74 Å². The van der Waals surface area contributed by atoms with Crippen LogP contribution in [0.5, 0.6) is 0 Å². The number of carboxylic acids is 1. The van der Waals surface area contributed by atoms with Crippen molar-refractivity contribution in [2.75, 3.05) is 6.61 Å². The predicted octanol–water partition coefficient (Wildman–Crippen LogP) is 3.62. The minimum absolute atomic E-state index is 0.585. The molecule has 100 valence electrons.